The number of aliphatic hydroxyl groups is 1. The van der Waals surface area contributed by atoms with Crippen molar-refractivity contribution < 1.29 is 9.84 Å². The van der Waals surface area contributed by atoms with Crippen LogP contribution in [0.15, 0.2) is 0 Å². The fraction of sp³-hybridized carbons (Fsp3) is 1.00. The summed E-state index contributed by atoms with van der Waals surface area (Å²) in [5.74, 6) is 0.799. The van der Waals surface area contributed by atoms with Crippen molar-refractivity contribution in [2.45, 2.75) is 72.1 Å². The summed E-state index contributed by atoms with van der Waals surface area (Å²) in [6, 6.07) is 0.408. The van der Waals surface area contributed by atoms with E-state index in [1.165, 1.54) is 19.3 Å². The van der Waals surface area contributed by atoms with Crippen LogP contribution in [0.3, 0.4) is 0 Å². The summed E-state index contributed by atoms with van der Waals surface area (Å²) < 4.78 is 6.16. The molecule has 19 heavy (non-hydrogen) atoms. The van der Waals surface area contributed by atoms with E-state index >= 15 is 0 Å². The lowest BCUT2D eigenvalue weighted by atomic mass is 9.70. The molecule has 0 saturated heterocycles. The highest BCUT2D eigenvalue weighted by Gasteiger charge is 2.60. The standard InChI is InChI=1S/C16H31NO2/c1-11(2)17-9-13(18)10-19-14-15(3,4)12-6-7-16(14,5)8-12/h11-14,17-18H,6-10H2,1-5H3/t12-,13+,14-,16-/m1/s1. The van der Waals surface area contributed by atoms with Crippen molar-refractivity contribution >= 4 is 0 Å². The lowest BCUT2D eigenvalue weighted by Crippen LogP contribution is -2.44. The fourth-order valence-electron chi connectivity index (χ4n) is 4.31. The van der Waals surface area contributed by atoms with Crippen LogP contribution in [0.2, 0.25) is 0 Å². The molecule has 0 amide bonds. The van der Waals surface area contributed by atoms with E-state index in [1.54, 1.807) is 0 Å². The van der Waals surface area contributed by atoms with E-state index in [2.05, 4.69) is 39.9 Å². The Hall–Kier alpha value is -0.120. The average Bonchev–Trinajstić information content (AvgIpc) is 2.77. The quantitative estimate of drug-likeness (QED) is 0.779. The molecule has 0 heterocycles. The predicted octanol–water partition coefficient (Wildman–Crippen LogP) is 2.58. The van der Waals surface area contributed by atoms with Gasteiger partial charge >= 0.3 is 0 Å². The molecule has 2 fully saturated rings. The Morgan fingerprint density at radius 3 is 2.53 bits per heavy atom. The molecule has 112 valence electrons. The minimum absolute atomic E-state index is 0.262. The molecule has 0 radical (unpaired) electrons. The molecule has 2 saturated carbocycles. The Bertz CT molecular complexity index is 311. The Morgan fingerprint density at radius 2 is 2.00 bits per heavy atom. The first-order chi connectivity index (χ1) is 8.75. The van der Waals surface area contributed by atoms with Crippen LogP contribution >= 0.6 is 0 Å². The Morgan fingerprint density at radius 1 is 1.32 bits per heavy atom. The first-order valence-electron chi connectivity index (χ1n) is 7.79. The number of hydrogen-bond donors (Lipinski definition) is 2. The zero-order valence-electron chi connectivity index (χ0n) is 13.2. The lowest BCUT2D eigenvalue weighted by Gasteiger charge is -2.42. The molecule has 2 N–H and O–H groups in total. The second-order valence-electron chi connectivity index (χ2n) is 7.85. The highest BCUT2D eigenvalue weighted by Crippen LogP contribution is 2.63. The van der Waals surface area contributed by atoms with Crippen LogP contribution in [0.1, 0.15) is 53.9 Å². The summed E-state index contributed by atoms with van der Waals surface area (Å²) >= 11 is 0. The highest BCUT2D eigenvalue weighted by molar-refractivity contribution is 5.09. The summed E-state index contributed by atoms with van der Waals surface area (Å²) in [6.07, 6.45) is 3.83. The Balaban J connectivity index is 1.85. The summed E-state index contributed by atoms with van der Waals surface area (Å²) in [7, 11) is 0. The fourth-order valence-corrected chi connectivity index (χ4v) is 4.31. The maximum atomic E-state index is 10.00. The van der Waals surface area contributed by atoms with E-state index in [-0.39, 0.29) is 5.41 Å². The van der Waals surface area contributed by atoms with Crippen molar-refractivity contribution in [3.8, 4) is 0 Å². The van der Waals surface area contributed by atoms with Gasteiger partial charge in [0.1, 0.15) is 0 Å². The van der Waals surface area contributed by atoms with Crippen LogP contribution < -0.4 is 5.32 Å². The molecule has 0 unspecified atom stereocenters. The van der Waals surface area contributed by atoms with E-state index in [4.69, 9.17) is 4.74 Å². The maximum Gasteiger partial charge on any atom is 0.0897 e. The number of nitrogens with one attached hydrogen (secondary N) is 1. The van der Waals surface area contributed by atoms with Crippen LogP contribution in [0.5, 0.6) is 0 Å². The van der Waals surface area contributed by atoms with Gasteiger partial charge in [0.2, 0.25) is 0 Å². The van der Waals surface area contributed by atoms with E-state index in [0.29, 0.717) is 30.7 Å². The van der Waals surface area contributed by atoms with Gasteiger partial charge in [-0.3, -0.25) is 0 Å². The van der Waals surface area contributed by atoms with Gasteiger partial charge in [-0.25, -0.2) is 0 Å². The normalized spacial score (nSPS) is 38.1. The van der Waals surface area contributed by atoms with Crippen molar-refractivity contribution in [2.75, 3.05) is 13.2 Å². The second-order valence-corrected chi connectivity index (χ2v) is 7.85. The number of fused-ring (bicyclic) bond motifs is 2. The van der Waals surface area contributed by atoms with Crippen LogP contribution in [0, 0.1) is 16.7 Å². The van der Waals surface area contributed by atoms with Crippen molar-refractivity contribution in [1.82, 2.24) is 5.32 Å². The van der Waals surface area contributed by atoms with Gasteiger partial charge in [-0.15, -0.1) is 0 Å². The molecule has 0 aromatic carbocycles. The molecule has 0 aromatic heterocycles. The molecular formula is C16H31NO2. The van der Waals surface area contributed by atoms with Gasteiger partial charge in [0.25, 0.3) is 0 Å². The van der Waals surface area contributed by atoms with Crippen molar-refractivity contribution in [1.29, 1.82) is 0 Å². The first-order valence-corrected chi connectivity index (χ1v) is 7.79. The van der Waals surface area contributed by atoms with Crippen molar-refractivity contribution in [3.05, 3.63) is 0 Å². The molecule has 2 aliphatic carbocycles. The topological polar surface area (TPSA) is 41.5 Å². The van der Waals surface area contributed by atoms with Gasteiger partial charge < -0.3 is 15.2 Å². The molecule has 2 bridgehead atoms. The summed E-state index contributed by atoms with van der Waals surface area (Å²) in [6.45, 7) is 12.3. The third kappa shape index (κ3) is 2.98. The van der Waals surface area contributed by atoms with Crippen LogP contribution in [-0.2, 0) is 4.74 Å². The molecule has 3 nitrogen and oxygen atoms in total. The highest BCUT2D eigenvalue weighted by atomic mass is 16.5. The maximum absolute atomic E-state index is 10.00. The third-order valence-electron chi connectivity index (χ3n) is 5.35. The Kier molecular flexibility index (Phi) is 4.29. The molecule has 2 rings (SSSR count). The zero-order valence-corrected chi connectivity index (χ0v) is 13.2. The second kappa shape index (κ2) is 5.34. The smallest absolute Gasteiger partial charge is 0.0897 e. The number of ether oxygens (including phenoxy) is 1. The van der Waals surface area contributed by atoms with Gasteiger partial charge in [0.15, 0.2) is 0 Å². The van der Waals surface area contributed by atoms with E-state index in [1.807, 2.05) is 0 Å². The number of rotatable bonds is 6. The number of aliphatic hydroxyl groups excluding tert-OH is 1. The van der Waals surface area contributed by atoms with E-state index in [0.717, 1.165) is 5.92 Å². The van der Waals surface area contributed by atoms with Crippen molar-refractivity contribution in [3.63, 3.8) is 0 Å². The lowest BCUT2D eigenvalue weighted by molar-refractivity contribution is -0.110. The summed E-state index contributed by atoms with van der Waals surface area (Å²) in [4.78, 5) is 0. The Labute approximate surface area is 118 Å². The van der Waals surface area contributed by atoms with Crippen LogP contribution in [0.25, 0.3) is 0 Å². The molecular weight excluding hydrogens is 238 g/mol. The molecule has 0 aromatic rings. The van der Waals surface area contributed by atoms with Gasteiger partial charge in [-0.1, -0.05) is 34.6 Å². The molecule has 0 aliphatic heterocycles. The minimum atomic E-state index is -0.402. The summed E-state index contributed by atoms with van der Waals surface area (Å²) in [5, 5.41) is 13.3. The van der Waals surface area contributed by atoms with Gasteiger partial charge in [-0.05, 0) is 36.0 Å². The number of hydrogen-bond acceptors (Lipinski definition) is 3. The monoisotopic (exact) mass is 269 g/mol. The van der Waals surface area contributed by atoms with Gasteiger partial charge in [-0.2, -0.15) is 0 Å². The molecule has 4 atom stereocenters. The predicted molar refractivity (Wildman–Crippen MR) is 78.1 cm³/mol. The first kappa shape index (κ1) is 15.3. The summed E-state index contributed by atoms with van der Waals surface area (Å²) in [5.41, 5.74) is 0.595. The van der Waals surface area contributed by atoms with E-state index in [9.17, 15) is 5.11 Å². The van der Waals surface area contributed by atoms with Gasteiger partial charge in [0.05, 0.1) is 18.8 Å². The third-order valence-corrected chi connectivity index (χ3v) is 5.35. The average molecular weight is 269 g/mol. The minimum Gasteiger partial charge on any atom is -0.389 e. The molecule has 0 spiro atoms. The van der Waals surface area contributed by atoms with Gasteiger partial charge in [0, 0.05) is 12.6 Å². The molecule has 3 heteroatoms. The van der Waals surface area contributed by atoms with Crippen LogP contribution in [-0.4, -0.2) is 36.5 Å². The largest absolute Gasteiger partial charge is 0.389 e. The van der Waals surface area contributed by atoms with Crippen LogP contribution in [0.4, 0.5) is 0 Å². The van der Waals surface area contributed by atoms with E-state index < -0.39 is 6.10 Å². The zero-order chi connectivity index (χ0) is 14.3. The van der Waals surface area contributed by atoms with Crippen molar-refractivity contribution in [2.24, 2.45) is 16.7 Å². The SMILES string of the molecule is CC(C)NC[C@H](O)CO[C@@H]1C(C)(C)[C@@H]2CC[C@]1(C)C2. The molecule has 2 aliphatic rings.